The highest BCUT2D eigenvalue weighted by molar-refractivity contribution is 7.15. The van der Waals surface area contributed by atoms with Crippen LogP contribution in [0.5, 0.6) is 0 Å². The molecule has 0 aliphatic carbocycles. The molecule has 2 heterocycles. The molecule has 0 saturated heterocycles. The number of ether oxygens (including phenoxy) is 1. The summed E-state index contributed by atoms with van der Waals surface area (Å²) in [6, 6.07) is 6.73. The largest absolute Gasteiger partial charge is 0.443 e. The van der Waals surface area contributed by atoms with E-state index in [1.807, 2.05) is 11.6 Å². The number of benzene rings is 1. The Balaban J connectivity index is 1.64. The second-order valence-electron chi connectivity index (χ2n) is 4.11. The minimum Gasteiger partial charge on any atom is -0.443 e. The predicted molar refractivity (Wildman–Crippen MR) is 83.3 cm³/mol. The van der Waals surface area contributed by atoms with Gasteiger partial charge in [0.25, 0.3) is 0 Å². The van der Waals surface area contributed by atoms with Crippen LogP contribution in [-0.4, -0.2) is 15.5 Å². The molecule has 2 aromatic heterocycles. The summed E-state index contributed by atoms with van der Waals surface area (Å²) in [7, 11) is 0. The van der Waals surface area contributed by atoms with Gasteiger partial charge in [-0.15, -0.1) is 11.3 Å². The Kier molecular flexibility index (Phi) is 4.01. The highest BCUT2D eigenvalue weighted by Crippen LogP contribution is 2.22. The van der Waals surface area contributed by atoms with Crippen LogP contribution in [0.1, 0.15) is 5.69 Å². The molecule has 0 atom stereocenters. The summed E-state index contributed by atoms with van der Waals surface area (Å²) in [6.45, 7) is 0.0379. The van der Waals surface area contributed by atoms with E-state index in [0.29, 0.717) is 21.6 Å². The van der Waals surface area contributed by atoms with Crippen LogP contribution in [0.15, 0.2) is 35.8 Å². The second-order valence-corrected chi connectivity index (χ2v) is 5.78. The second kappa shape index (κ2) is 5.93. The monoisotopic (exact) mass is 341 g/mol. The van der Waals surface area contributed by atoms with Crippen LogP contribution in [0.3, 0.4) is 0 Å². The van der Waals surface area contributed by atoms with E-state index < -0.39 is 6.09 Å². The van der Waals surface area contributed by atoms with Crippen LogP contribution in [0, 0.1) is 0 Å². The summed E-state index contributed by atoms with van der Waals surface area (Å²) < 4.78 is 6.95. The van der Waals surface area contributed by atoms with Crippen LogP contribution >= 0.6 is 34.5 Å². The van der Waals surface area contributed by atoms with Crippen molar-refractivity contribution in [1.82, 2.24) is 9.38 Å². The number of carbonyl (C=O) groups excluding carboxylic acids is 1. The number of nitrogens with zero attached hydrogens (tertiary/aromatic N) is 2. The van der Waals surface area contributed by atoms with Crippen molar-refractivity contribution in [2.24, 2.45) is 0 Å². The van der Waals surface area contributed by atoms with Gasteiger partial charge in [-0.3, -0.25) is 9.72 Å². The first-order valence-corrected chi connectivity index (χ1v) is 7.56. The Morgan fingerprint density at radius 2 is 2.10 bits per heavy atom. The molecule has 0 aliphatic rings. The zero-order valence-electron chi connectivity index (χ0n) is 10.5. The third kappa shape index (κ3) is 3.12. The molecule has 5 nitrogen and oxygen atoms in total. The van der Waals surface area contributed by atoms with Gasteiger partial charge >= 0.3 is 6.09 Å². The number of anilines is 1. The first-order valence-electron chi connectivity index (χ1n) is 5.93. The van der Waals surface area contributed by atoms with Crippen molar-refractivity contribution in [2.75, 3.05) is 5.32 Å². The maximum atomic E-state index is 11.7. The molecule has 0 bridgehead atoms. The van der Waals surface area contributed by atoms with Crippen molar-refractivity contribution >= 4 is 51.3 Å². The Hall–Kier alpha value is -1.76. The van der Waals surface area contributed by atoms with Crippen LogP contribution in [0.2, 0.25) is 10.2 Å². The summed E-state index contributed by atoms with van der Waals surface area (Å²) in [5.41, 5.74) is 1.24. The van der Waals surface area contributed by atoms with E-state index >= 15 is 0 Å². The molecule has 0 radical (unpaired) electrons. The molecule has 0 spiro atoms. The Bertz CT molecular complexity index is 782. The van der Waals surface area contributed by atoms with Crippen molar-refractivity contribution < 1.29 is 9.53 Å². The van der Waals surface area contributed by atoms with Crippen molar-refractivity contribution in [3.05, 3.63) is 51.7 Å². The number of fused-ring (bicyclic) bond motifs is 1. The van der Waals surface area contributed by atoms with E-state index in [0.717, 1.165) is 4.96 Å². The van der Waals surface area contributed by atoms with E-state index in [1.165, 1.54) is 11.3 Å². The van der Waals surface area contributed by atoms with Crippen molar-refractivity contribution in [1.29, 1.82) is 0 Å². The highest BCUT2D eigenvalue weighted by Gasteiger charge is 2.13. The highest BCUT2D eigenvalue weighted by atomic mass is 35.5. The number of hydrogen-bond donors (Lipinski definition) is 1. The first-order chi connectivity index (χ1) is 10.1. The number of halogens is 2. The molecule has 8 heteroatoms. The number of amides is 1. The lowest BCUT2D eigenvalue weighted by Crippen LogP contribution is -2.14. The fourth-order valence-corrected chi connectivity index (χ4v) is 2.89. The van der Waals surface area contributed by atoms with Gasteiger partial charge in [-0.1, -0.05) is 23.2 Å². The van der Waals surface area contributed by atoms with Gasteiger partial charge in [-0.2, -0.15) is 0 Å². The number of carbonyl (C=O) groups is 1. The van der Waals surface area contributed by atoms with Gasteiger partial charge in [0, 0.05) is 22.3 Å². The number of nitrogens with one attached hydrogen (secondary N) is 1. The summed E-state index contributed by atoms with van der Waals surface area (Å²) in [4.78, 5) is 16.7. The molecule has 0 saturated carbocycles. The number of rotatable bonds is 3. The van der Waals surface area contributed by atoms with Gasteiger partial charge < -0.3 is 4.74 Å². The molecule has 0 unspecified atom stereocenters. The zero-order chi connectivity index (χ0) is 14.8. The fourth-order valence-electron chi connectivity index (χ4n) is 1.76. The van der Waals surface area contributed by atoms with E-state index in [2.05, 4.69) is 10.3 Å². The van der Waals surface area contributed by atoms with Gasteiger partial charge in [-0.25, -0.2) is 9.78 Å². The smallest absolute Gasteiger partial charge is 0.412 e. The number of thiazole rings is 1. The summed E-state index contributed by atoms with van der Waals surface area (Å²) >= 11 is 13.2. The molecular weight excluding hydrogens is 333 g/mol. The predicted octanol–water partition coefficient (Wildman–Crippen LogP) is 4.45. The van der Waals surface area contributed by atoms with Crippen LogP contribution in [-0.2, 0) is 11.3 Å². The fraction of sp³-hybridized carbons (Fsp3) is 0.0769. The van der Waals surface area contributed by atoms with Gasteiger partial charge in [-0.05, 0) is 24.3 Å². The molecule has 1 aromatic carbocycles. The minimum atomic E-state index is -0.571. The maximum absolute atomic E-state index is 11.7. The van der Waals surface area contributed by atoms with Crippen molar-refractivity contribution in [2.45, 2.75) is 6.61 Å². The Morgan fingerprint density at radius 1 is 1.33 bits per heavy atom. The van der Waals surface area contributed by atoms with E-state index in [-0.39, 0.29) is 6.61 Å². The lowest BCUT2D eigenvalue weighted by Gasteiger charge is -2.06. The molecule has 108 valence electrons. The Morgan fingerprint density at radius 3 is 2.86 bits per heavy atom. The quantitative estimate of drug-likeness (QED) is 0.765. The normalized spacial score (nSPS) is 10.8. The van der Waals surface area contributed by atoms with Gasteiger partial charge in [0.1, 0.15) is 6.61 Å². The van der Waals surface area contributed by atoms with Gasteiger partial charge in [0.2, 0.25) is 0 Å². The summed E-state index contributed by atoms with van der Waals surface area (Å²) in [5, 5.41) is 5.42. The van der Waals surface area contributed by atoms with Gasteiger partial charge in [0.05, 0.1) is 5.69 Å². The minimum absolute atomic E-state index is 0.0379. The SMILES string of the molecule is O=C(Nc1ccc(Cl)cc1)OCc1c(Cl)nc2sccn12. The van der Waals surface area contributed by atoms with E-state index in [9.17, 15) is 4.79 Å². The van der Waals surface area contributed by atoms with E-state index in [4.69, 9.17) is 27.9 Å². The average molecular weight is 342 g/mol. The molecule has 1 amide bonds. The maximum Gasteiger partial charge on any atom is 0.412 e. The molecule has 21 heavy (non-hydrogen) atoms. The molecule has 0 aliphatic heterocycles. The van der Waals surface area contributed by atoms with E-state index in [1.54, 1.807) is 28.7 Å². The van der Waals surface area contributed by atoms with Crippen LogP contribution in [0.25, 0.3) is 4.96 Å². The molecule has 3 rings (SSSR count). The lowest BCUT2D eigenvalue weighted by molar-refractivity contribution is 0.153. The zero-order valence-corrected chi connectivity index (χ0v) is 12.9. The van der Waals surface area contributed by atoms with Crippen molar-refractivity contribution in [3.8, 4) is 0 Å². The standard InChI is InChI=1S/C13H9Cl2N3O2S/c14-8-1-3-9(4-2-8)16-13(19)20-7-10-11(15)17-12-18(10)5-6-21-12/h1-6H,7H2,(H,16,19). The first kappa shape index (κ1) is 14.2. The number of hydrogen-bond acceptors (Lipinski definition) is 4. The Labute approximate surface area is 134 Å². The lowest BCUT2D eigenvalue weighted by atomic mass is 10.3. The third-order valence-electron chi connectivity index (χ3n) is 2.74. The average Bonchev–Trinajstić information content (AvgIpc) is 3.00. The molecule has 1 N–H and O–H groups in total. The number of aromatic nitrogens is 2. The molecule has 3 aromatic rings. The molecule has 0 fully saturated rings. The topological polar surface area (TPSA) is 55.6 Å². The van der Waals surface area contributed by atoms with Gasteiger partial charge in [0.15, 0.2) is 10.1 Å². The van der Waals surface area contributed by atoms with Crippen LogP contribution in [0.4, 0.5) is 10.5 Å². The summed E-state index contributed by atoms with van der Waals surface area (Å²) in [6.07, 6.45) is 1.26. The third-order valence-corrected chi connectivity index (χ3v) is 4.05. The summed E-state index contributed by atoms with van der Waals surface area (Å²) in [5.74, 6) is 0. The van der Waals surface area contributed by atoms with Crippen molar-refractivity contribution in [3.63, 3.8) is 0 Å². The van der Waals surface area contributed by atoms with Crippen LogP contribution < -0.4 is 5.32 Å². The number of imidazole rings is 1. The molecular formula is C13H9Cl2N3O2S.